The Balaban J connectivity index is 1.55. The molecule has 1 aliphatic heterocycles. The first-order chi connectivity index (χ1) is 12.5. The maximum absolute atomic E-state index is 12.7. The van der Waals surface area contributed by atoms with Gasteiger partial charge in [-0.1, -0.05) is 41.9 Å². The number of hydrogen-bond acceptors (Lipinski definition) is 3. The third kappa shape index (κ3) is 4.44. The molecule has 2 aromatic carbocycles. The number of carbonyl (C=O) groups is 1. The van der Waals surface area contributed by atoms with Crippen molar-refractivity contribution in [3.05, 3.63) is 65.2 Å². The van der Waals surface area contributed by atoms with E-state index in [0.717, 1.165) is 5.56 Å². The van der Waals surface area contributed by atoms with Crippen LogP contribution in [-0.2, 0) is 21.2 Å². The summed E-state index contributed by atoms with van der Waals surface area (Å²) in [6.07, 6.45) is 1.14. The molecule has 5 nitrogen and oxygen atoms in total. The Hall–Kier alpha value is -1.89. The van der Waals surface area contributed by atoms with Crippen LogP contribution in [0.1, 0.15) is 12.0 Å². The van der Waals surface area contributed by atoms with Gasteiger partial charge in [-0.15, -0.1) is 0 Å². The molecule has 26 heavy (non-hydrogen) atoms. The first-order valence-corrected chi connectivity index (χ1v) is 10.4. The minimum absolute atomic E-state index is 0.0670. The SMILES string of the molecule is O=C(CCc1ccccc1)N1CCN(S(=O)(=O)c2ccc(Cl)cc2)CC1. The predicted molar refractivity (Wildman–Crippen MR) is 102 cm³/mol. The van der Waals surface area contributed by atoms with Crippen LogP contribution in [0.2, 0.25) is 5.02 Å². The molecular formula is C19H21ClN2O3S. The number of nitrogens with zero attached hydrogens (tertiary/aromatic N) is 2. The van der Waals surface area contributed by atoms with E-state index < -0.39 is 10.0 Å². The van der Waals surface area contributed by atoms with E-state index in [-0.39, 0.29) is 10.8 Å². The van der Waals surface area contributed by atoms with Crippen molar-refractivity contribution >= 4 is 27.5 Å². The summed E-state index contributed by atoms with van der Waals surface area (Å²) < 4.78 is 26.8. The third-order valence-electron chi connectivity index (χ3n) is 4.51. The van der Waals surface area contributed by atoms with E-state index in [1.165, 1.54) is 16.4 Å². The molecule has 0 aromatic heterocycles. The number of hydrogen-bond donors (Lipinski definition) is 0. The molecule has 1 aliphatic rings. The molecule has 2 aromatic rings. The monoisotopic (exact) mass is 392 g/mol. The van der Waals surface area contributed by atoms with Crippen molar-refractivity contribution in [3.63, 3.8) is 0 Å². The highest BCUT2D eigenvalue weighted by Gasteiger charge is 2.29. The van der Waals surface area contributed by atoms with Gasteiger partial charge in [0, 0.05) is 37.6 Å². The fraction of sp³-hybridized carbons (Fsp3) is 0.316. The normalized spacial score (nSPS) is 15.8. The predicted octanol–water partition coefficient (Wildman–Crippen LogP) is 2.81. The van der Waals surface area contributed by atoms with Crippen molar-refractivity contribution in [1.29, 1.82) is 0 Å². The van der Waals surface area contributed by atoms with Gasteiger partial charge in [0.05, 0.1) is 4.90 Å². The largest absolute Gasteiger partial charge is 0.340 e. The van der Waals surface area contributed by atoms with Crippen LogP contribution in [-0.4, -0.2) is 49.7 Å². The smallest absolute Gasteiger partial charge is 0.243 e. The zero-order valence-electron chi connectivity index (χ0n) is 14.3. The van der Waals surface area contributed by atoms with E-state index in [0.29, 0.717) is 44.0 Å². The molecule has 0 radical (unpaired) electrons. The lowest BCUT2D eigenvalue weighted by molar-refractivity contribution is -0.132. The molecule has 138 valence electrons. The van der Waals surface area contributed by atoms with Crippen LogP contribution < -0.4 is 0 Å². The molecule has 0 unspecified atom stereocenters. The van der Waals surface area contributed by atoms with E-state index in [1.54, 1.807) is 17.0 Å². The highest BCUT2D eigenvalue weighted by Crippen LogP contribution is 2.20. The molecule has 1 heterocycles. The van der Waals surface area contributed by atoms with Gasteiger partial charge in [0.15, 0.2) is 0 Å². The van der Waals surface area contributed by atoms with Crippen molar-refractivity contribution in [3.8, 4) is 0 Å². The lowest BCUT2D eigenvalue weighted by atomic mass is 10.1. The number of sulfonamides is 1. The fourth-order valence-corrected chi connectivity index (χ4v) is 4.54. The number of piperazine rings is 1. The minimum atomic E-state index is -3.55. The molecule has 0 N–H and O–H groups in total. The van der Waals surface area contributed by atoms with Crippen molar-refractivity contribution < 1.29 is 13.2 Å². The summed E-state index contributed by atoms with van der Waals surface area (Å²) in [4.78, 5) is 14.4. The van der Waals surface area contributed by atoms with E-state index in [9.17, 15) is 13.2 Å². The van der Waals surface area contributed by atoms with Gasteiger partial charge in [0.25, 0.3) is 0 Å². The Kier molecular flexibility index (Phi) is 5.96. The standard InChI is InChI=1S/C19H21ClN2O3S/c20-17-7-9-18(10-8-17)26(24,25)22-14-12-21(13-15-22)19(23)11-6-16-4-2-1-3-5-16/h1-5,7-10H,6,11-15H2. The Bertz CT molecular complexity index is 846. The van der Waals surface area contributed by atoms with Gasteiger partial charge in [-0.2, -0.15) is 4.31 Å². The molecule has 0 aliphatic carbocycles. The maximum atomic E-state index is 12.7. The van der Waals surface area contributed by atoms with Gasteiger partial charge in [-0.05, 0) is 36.2 Å². The summed E-state index contributed by atoms with van der Waals surface area (Å²) >= 11 is 5.82. The summed E-state index contributed by atoms with van der Waals surface area (Å²) in [5.74, 6) is 0.0670. The van der Waals surface area contributed by atoms with Crippen molar-refractivity contribution in [1.82, 2.24) is 9.21 Å². The Labute approximate surface area is 159 Å². The molecule has 3 rings (SSSR count). The van der Waals surface area contributed by atoms with Gasteiger partial charge in [0.2, 0.25) is 15.9 Å². The summed E-state index contributed by atoms with van der Waals surface area (Å²) in [6, 6.07) is 16.0. The lowest BCUT2D eigenvalue weighted by Gasteiger charge is -2.34. The van der Waals surface area contributed by atoms with E-state index in [2.05, 4.69) is 0 Å². The summed E-state index contributed by atoms with van der Waals surface area (Å²) in [5.41, 5.74) is 1.13. The molecule has 7 heteroatoms. The molecule has 0 bridgehead atoms. The first kappa shape index (κ1) is 18.9. The number of carbonyl (C=O) groups excluding carboxylic acids is 1. The molecule has 1 amide bonds. The lowest BCUT2D eigenvalue weighted by Crippen LogP contribution is -2.50. The van der Waals surface area contributed by atoms with E-state index in [1.807, 2.05) is 30.3 Å². The first-order valence-electron chi connectivity index (χ1n) is 8.54. The van der Waals surface area contributed by atoms with E-state index in [4.69, 9.17) is 11.6 Å². The molecule has 1 fully saturated rings. The second-order valence-corrected chi connectivity index (χ2v) is 8.60. The van der Waals surface area contributed by atoms with Gasteiger partial charge in [-0.3, -0.25) is 4.79 Å². The second kappa shape index (κ2) is 8.20. The Morgan fingerprint density at radius 3 is 2.15 bits per heavy atom. The second-order valence-electron chi connectivity index (χ2n) is 6.22. The summed E-state index contributed by atoms with van der Waals surface area (Å²) in [6.45, 7) is 1.45. The molecule has 0 saturated carbocycles. The van der Waals surface area contributed by atoms with E-state index >= 15 is 0 Å². The molecule has 0 atom stereocenters. The molecule has 1 saturated heterocycles. The topological polar surface area (TPSA) is 57.7 Å². The van der Waals surface area contributed by atoms with Crippen molar-refractivity contribution in [2.75, 3.05) is 26.2 Å². The van der Waals surface area contributed by atoms with Gasteiger partial charge in [0.1, 0.15) is 0 Å². The number of amides is 1. The number of halogens is 1. The highest BCUT2D eigenvalue weighted by molar-refractivity contribution is 7.89. The van der Waals surface area contributed by atoms with Crippen LogP contribution in [0.4, 0.5) is 0 Å². The zero-order valence-corrected chi connectivity index (χ0v) is 15.9. The molecular weight excluding hydrogens is 372 g/mol. The van der Waals surface area contributed by atoms with Crippen LogP contribution in [0.5, 0.6) is 0 Å². The highest BCUT2D eigenvalue weighted by atomic mass is 35.5. The fourth-order valence-electron chi connectivity index (χ4n) is 2.99. The van der Waals surface area contributed by atoms with Gasteiger partial charge >= 0.3 is 0 Å². The van der Waals surface area contributed by atoms with Crippen LogP contribution in [0.3, 0.4) is 0 Å². The average Bonchev–Trinajstić information content (AvgIpc) is 2.67. The average molecular weight is 393 g/mol. The zero-order chi connectivity index (χ0) is 18.6. The number of aryl methyl sites for hydroxylation is 1. The summed E-state index contributed by atoms with van der Waals surface area (Å²) in [7, 11) is -3.55. The van der Waals surface area contributed by atoms with Gasteiger partial charge in [-0.25, -0.2) is 8.42 Å². The maximum Gasteiger partial charge on any atom is 0.243 e. The third-order valence-corrected chi connectivity index (χ3v) is 6.68. The van der Waals surface area contributed by atoms with Crippen LogP contribution in [0.15, 0.2) is 59.5 Å². The number of benzene rings is 2. The molecule has 0 spiro atoms. The minimum Gasteiger partial charge on any atom is -0.340 e. The van der Waals surface area contributed by atoms with Crippen molar-refractivity contribution in [2.24, 2.45) is 0 Å². The van der Waals surface area contributed by atoms with Crippen molar-refractivity contribution in [2.45, 2.75) is 17.7 Å². The van der Waals surface area contributed by atoms with Gasteiger partial charge < -0.3 is 4.90 Å². The van der Waals surface area contributed by atoms with Crippen LogP contribution >= 0.6 is 11.6 Å². The Morgan fingerprint density at radius 1 is 0.923 bits per heavy atom. The van der Waals surface area contributed by atoms with Crippen LogP contribution in [0.25, 0.3) is 0 Å². The Morgan fingerprint density at radius 2 is 1.54 bits per heavy atom. The summed E-state index contributed by atoms with van der Waals surface area (Å²) in [5, 5.41) is 0.498. The quantitative estimate of drug-likeness (QED) is 0.786. The number of rotatable bonds is 5. The van der Waals surface area contributed by atoms with Crippen LogP contribution in [0, 0.1) is 0 Å².